The van der Waals surface area contributed by atoms with E-state index in [0.717, 1.165) is 24.4 Å². The molecule has 3 heteroatoms. The van der Waals surface area contributed by atoms with E-state index in [4.69, 9.17) is 0 Å². The van der Waals surface area contributed by atoms with Gasteiger partial charge in [-0.1, -0.05) is 13.0 Å². The van der Waals surface area contributed by atoms with Crippen LogP contribution in [0.25, 0.3) is 0 Å². The summed E-state index contributed by atoms with van der Waals surface area (Å²) in [4.78, 5) is 9.72. The zero-order chi connectivity index (χ0) is 13.2. The molecule has 0 saturated carbocycles. The molecule has 104 valence electrons. The highest BCUT2D eigenvalue weighted by atomic mass is 15.2. The van der Waals surface area contributed by atoms with E-state index in [1.54, 1.807) is 0 Å². The van der Waals surface area contributed by atoms with Crippen molar-refractivity contribution in [2.75, 3.05) is 26.2 Å². The number of nitrogens with zero attached hydrogens (tertiary/aromatic N) is 3. The van der Waals surface area contributed by atoms with Gasteiger partial charge in [-0.15, -0.1) is 0 Å². The summed E-state index contributed by atoms with van der Waals surface area (Å²) in [6.45, 7) is 10.8. The molecule has 2 aliphatic heterocycles. The van der Waals surface area contributed by atoms with E-state index in [1.165, 1.54) is 38.3 Å². The molecule has 19 heavy (non-hydrogen) atoms. The van der Waals surface area contributed by atoms with Crippen LogP contribution in [0.2, 0.25) is 0 Å². The van der Waals surface area contributed by atoms with Crippen LogP contribution in [-0.2, 0) is 6.54 Å². The second-order valence-corrected chi connectivity index (χ2v) is 6.25. The van der Waals surface area contributed by atoms with Gasteiger partial charge in [-0.05, 0) is 37.3 Å². The summed E-state index contributed by atoms with van der Waals surface area (Å²) in [5, 5.41) is 0. The van der Waals surface area contributed by atoms with Crippen LogP contribution >= 0.6 is 0 Å². The highest BCUT2D eigenvalue weighted by Crippen LogP contribution is 2.33. The fourth-order valence-corrected chi connectivity index (χ4v) is 3.59. The molecule has 0 amide bonds. The smallest absolute Gasteiger partial charge is 0.0543 e. The van der Waals surface area contributed by atoms with Gasteiger partial charge in [-0.3, -0.25) is 9.88 Å². The molecule has 2 saturated heterocycles. The molecule has 2 fully saturated rings. The molecule has 0 aliphatic carbocycles. The SMILES string of the molecule is CC[C@H](C)N1C[C@H]2CN(Cc3ccccn3)C[C@H]2C1. The van der Waals surface area contributed by atoms with Crippen LogP contribution in [0.5, 0.6) is 0 Å². The lowest BCUT2D eigenvalue weighted by molar-refractivity contribution is 0.206. The van der Waals surface area contributed by atoms with E-state index in [2.05, 4.69) is 40.8 Å². The van der Waals surface area contributed by atoms with Crippen LogP contribution < -0.4 is 0 Å². The van der Waals surface area contributed by atoms with Crippen molar-refractivity contribution in [3.63, 3.8) is 0 Å². The predicted molar refractivity (Wildman–Crippen MR) is 77.8 cm³/mol. The third-order valence-corrected chi connectivity index (χ3v) is 4.92. The van der Waals surface area contributed by atoms with Crippen LogP contribution in [0.4, 0.5) is 0 Å². The maximum atomic E-state index is 4.44. The first kappa shape index (κ1) is 13.1. The van der Waals surface area contributed by atoms with Gasteiger partial charge in [0.2, 0.25) is 0 Å². The summed E-state index contributed by atoms with van der Waals surface area (Å²) in [6.07, 6.45) is 3.17. The Hall–Kier alpha value is -0.930. The number of hydrogen-bond donors (Lipinski definition) is 0. The number of hydrogen-bond acceptors (Lipinski definition) is 3. The van der Waals surface area contributed by atoms with Gasteiger partial charge in [0.1, 0.15) is 0 Å². The van der Waals surface area contributed by atoms with Crippen molar-refractivity contribution in [1.29, 1.82) is 0 Å². The van der Waals surface area contributed by atoms with Crippen LogP contribution in [-0.4, -0.2) is 47.0 Å². The summed E-state index contributed by atoms with van der Waals surface area (Å²) < 4.78 is 0. The zero-order valence-electron chi connectivity index (χ0n) is 12.1. The standard InChI is InChI=1S/C16H25N3/c1-3-13(2)19-10-14-8-18(9-15(14)11-19)12-16-6-4-5-7-17-16/h4-7,13-15H,3,8-12H2,1-2H3/t13-,14-,15+/m0/s1. The molecule has 0 spiro atoms. The van der Waals surface area contributed by atoms with Gasteiger partial charge in [0.25, 0.3) is 0 Å². The summed E-state index contributed by atoms with van der Waals surface area (Å²) in [7, 11) is 0. The lowest BCUT2D eigenvalue weighted by atomic mass is 10.0. The highest BCUT2D eigenvalue weighted by Gasteiger charge is 2.40. The molecular formula is C16H25N3. The summed E-state index contributed by atoms with van der Waals surface area (Å²) in [5.41, 5.74) is 1.21. The first-order valence-corrected chi connectivity index (χ1v) is 7.62. The topological polar surface area (TPSA) is 19.4 Å². The Kier molecular flexibility index (Phi) is 3.85. The van der Waals surface area contributed by atoms with Crippen molar-refractivity contribution in [1.82, 2.24) is 14.8 Å². The molecule has 0 N–H and O–H groups in total. The van der Waals surface area contributed by atoms with E-state index in [-0.39, 0.29) is 0 Å². The molecule has 1 aromatic rings. The second kappa shape index (κ2) is 5.59. The van der Waals surface area contributed by atoms with E-state index in [0.29, 0.717) is 0 Å². The Bertz CT molecular complexity index is 392. The minimum atomic E-state index is 0.759. The zero-order valence-corrected chi connectivity index (χ0v) is 12.1. The van der Waals surface area contributed by atoms with Crippen LogP contribution in [0, 0.1) is 11.8 Å². The summed E-state index contributed by atoms with van der Waals surface area (Å²) in [6, 6.07) is 6.98. The van der Waals surface area contributed by atoms with Crippen LogP contribution in [0.3, 0.4) is 0 Å². The summed E-state index contributed by atoms with van der Waals surface area (Å²) in [5.74, 6) is 1.77. The van der Waals surface area contributed by atoms with Crippen molar-refractivity contribution in [3.8, 4) is 0 Å². The van der Waals surface area contributed by atoms with E-state index in [9.17, 15) is 0 Å². The number of rotatable bonds is 4. The van der Waals surface area contributed by atoms with Gasteiger partial charge in [-0.25, -0.2) is 0 Å². The van der Waals surface area contributed by atoms with Gasteiger partial charge < -0.3 is 4.90 Å². The van der Waals surface area contributed by atoms with Crippen molar-refractivity contribution in [2.45, 2.75) is 32.9 Å². The molecule has 3 atom stereocenters. The van der Waals surface area contributed by atoms with Crippen molar-refractivity contribution >= 4 is 0 Å². The summed E-state index contributed by atoms with van der Waals surface area (Å²) >= 11 is 0. The number of pyridine rings is 1. The molecule has 0 unspecified atom stereocenters. The average molecular weight is 259 g/mol. The van der Waals surface area contributed by atoms with Gasteiger partial charge >= 0.3 is 0 Å². The molecular weight excluding hydrogens is 234 g/mol. The lowest BCUT2D eigenvalue weighted by Crippen LogP contribution is -2.34. The molecule has 0 bridgehead atoms. The highest BCUT2D eigenvalue weighted by molar-refractivity contribution is 5.04. The first-order chi connectivity index (χ1) is 9.26. The molecule has 3 rings (SSSR count). The Morgan fingerprint density at radius 2 is 1.95 bits per heavy atom. The maximum Gasteiger partial charge on any atom is 0.0543 e. The monoisotopic (exact) mass is 259 g/mol. The molecule has 2 aliphatic rings. The van der Waals surface area contributed by atoms with E-state index >= 15 is 0 Å². The van der Waals surface area contributed by atoms with Gasteiger partial charge in [0.05, 0.1) is 5.69 Å². The third kappa shape index (κ3) is 2.82. The molecule has 0 radical (unpaired) electrons. The number of likely N-dealkylation sites (tertiary alicyclic amines) is 2. The van der Waals surface area contributed by atoms with Crippen molar-refractivity contribution in [3.05, 3.63) is 30.1 Å². The van der Waals surface area contributed by atoms with Gasteiger partial charge in [-0.2, -0.15) is 0 Å². The van der Waals surface area contributed by atoms with Crippen LogP contribution in [0.1, 0.15) is 26.0 Å². The normalized spacial score (nSPS) is 29.6. The number of aromatic nitrogens is 1. The largest absolute Gasteiger partial charge is 0.300 e. The van der Waals surface area contributed by atoms with E-state index in [1.807, 2.05) is 12.3 Å². The van der Waals surface area contributed by atoms with Gasteiger partial charge in [0.15, 0.2) is 0 Å². The van der Waals surface area contributed by atoms with Crippen molar-refractivity contribution < 1.29 is 0 Å². The lowest BCUT2D eigenvalue weighted by Gasteiger charge is -2.25. The molecule has 3 heterocycles. The minimum Gasteiger partial charge on any atom is -0.300 e. The fraction of sp³-hybridized carbons (Fsp3) is 0.688. The van der Waals surface area contributed by atoms with Crippen LogP contribution in [0.15, 0.2) is 24.4 Å². The maximum absolute atomic E-state index is 4.44. The average Bonchev–Trinajstić information content (AvgIpc) is 2.97. The Labute approximate surface area is 116 Å². The second-order valence-electron chi connectivity index (χ2n) is 6.25. The first-order valence-electron chi connectivity index (χ1n) is 7.62. The third-order valence-electron chi connectivity index (χ3n) is 4.92. The minimum absolute atomic E-state index is 0.759. The Balaban J connectivity index is 1.54. The van der Waals surface area contributed by atoms with Gasteiger partial charge in [0, 0.05) is 45.0 Å². The Morgan fingerprint density at radius 1 is 1.21 bits per heavy atom. The predicted octanol–water partition coefficient (Wildman–Crippen LogP) is 2.24. The fourth-order valence-electron chi connectivity index (χ4n) is 3.59. The van der Waals surface area contributed by atoms with E-state index < -0.39 is 0 Å². The quantitative estimate of drug-likeness (QED) is 0.826. The van der Waals surface area contributed by atoms with Crippen molar-refractivity contribution in [2.24, 2.45) is 11.8 Å². The number of fused-ring (bicyclic) bond motifs is 1. The molecule has 0 aromatic carbocycles. The molecule has 1 aromatic heterocycles. The Morgan fingerprint density at radius 3 is 2.53 bits per heavy atom. The molecule has 3 nitrogen and oxygen atoms in total.